The van der Waals surface area contributed by atoms with E-state index in [0.29, 0.717) is 5.82 Å². The maximum Gasteiger partial charge on any atom is 0.167 e. The maximum atomic E-state index is 9.69. The number of phenols is 1. The molecule has 0 saturated carbocycles. The van der Waals surface area contributed by atoms with Crippen LogP contribution in [-0.4, -0.2) is 29.4 Å². The van der Waals surface area contributed by atoms with Gasteiger partial charge in [-0.3, -0.25) is 14.4 Å². The second kappa shape index (κ2) is 5.13. The highest BCUT2D eigenvalue weighted by Crippen LogP contribution is 2.31. The van der Waals surface area contributed by atoms with E-state index >= 15 is 0 Å². The molecule has 0 aliphatic rings. The Balaban J connectivity index is 1.83. The number of aromatic nitrogens is 5. The number of hydrogen-bond acceptors (Lipinski definition) is 6. The third kappa shape index (κ3) is 2.13. The van der Waals surface area contributed by atoms with Gasteiger partial charge in [-0.05, 0) is 18.2 Å². The molecule has 0 bridgehead atoms. The summed E-state index contributed by atoms with van der Waals surface area (Å²) in [6.45, 7) is 0. The van der Waals surface area contributed by atoms with Crippen LogP contribution >= 0.6 is 0 Å². The summed E-state index contributed by atoms with van der Waals surface area (Å²) in [5.74, 6) is 0.842. The molecule has 0 spiro atoms. The second-order valence-corrected chi connectivity index (χ2v) is 5.65. The Kier molecular flexibility index (Phi) is 2.81. The molecule has 7 heteroatoms. The summed E-state index contributed by atoms with van der Waals surface area (Å²) in [6.07, 6.45) is 8.74. The lowest BCUT2D eigenvalue weighted by Crippen LogP contribution is -1.97. The van der Waals surface area contributed by atoms with Crippen molar-refractivity contribution < 1.29 is 5.11 Å². The number of benzene rings is 1. The number of rotatable bonds is 2. The van der Waals surface area contributed by atoms with Gasteiger partial charge in [0, 0.05) is 47.3 Å². The number of hydrogen-bond donors (Lipinski definition) is 2. The van der Waals surface area contributed by atoms with Crippen LogP contribution in [0.2, 0.25) is 0 Å². The zero-order chi connectivity index (χ0) is 16.8. The van der Waals surface area contributed by atoms with Gasteiger partial charge >= 0.3 is 0 Å². The third-order valence-corrected chi connectivity index (χ3v) is 4.06. The topological polar surface area (TPSA) is 88.2 Å². The lowest BCUT2D eigenvalue weighted by Gasteiger charge is -2.09. The molecule has 0 aliphatic carbocycles. The van der Waals surface area contributed by atoms with Gasteiger partial charge in [-0.2, -0.15) is 0 Å². The first-order valence-corrected chi connectivity index (χ1v) is 7.71. The van der Waals surface area contributed by atoms with E-state index in [0.717, 1.165) is 33.3 Å². The molecule has 0 saturated heterocycles. The number of pyridine rings is 2. The van der Waals surface area contributed by atoms with Crippen LogP contribution in [0.5, 0.6) is 5.75 Å². The van der Waals surface area contributed by atoms with Crippen molar-refractivity contribution in [2.24, 2.45) is 0 Å². The summed E-state index contributed by atoms with van der Waals surface area (Å²) in [4.78, 5) is 17.7. The molecule has 0 aliphatic heterocycles. The Morgan fingerprint density at radius 3 is 2.80 bits per heavy atom. The fourth-order valence-corrected chi connectivity index (χ4v) is 2.95. The quantitative estimate of drug-likeness (QED) is 0.517. The number of nitrogens with zero attached hydrogens (tertiary/aromatic N) is 5. The minimum Gasteiger partial charge on any atom is -0.508 e. The third-order valence-electron chi connectivity index (χ3n) is 4.06. The van der Waals surface area contributed by atoms with Gasteiger partial charge < -0.3 is 10.4 Å². The molecule has 4 heterocycles. The van der Waals surface area contributed by atoms with Crippen LogP contribution in [0.25, 0.3) is 27.6 Å². The fourth-order valence-electron chi connectivity index (χ4n) is 2.95. The number of nitrogens with one attached hydrogen (secondary N) is 1. The number of fused-ring (bicyclic) bond motifs is 5. The zero-order valence-corrected chi connectivity index (χ0v) is 13.0. The molecule has 1 aromatic carbocycles. The molecule has 4 aromatic heterocycles. The molecular weight excluding hydrogens is 316 g/mol. The van der Waals surface area contributed by atoms with E-state index in [4.69, 9.17) is 4.98 Å². The highest BCUT2D eigenvalue weighted by molar-refractivity contribution is 6.08. The molecule has 2 N–H and O–H groups in total. The largest absolute Gasteiger partial charge is 0.508 e. The molecule has 0 fully saturated rings. The van der Waals surface area contributed by atoms with Crippen LogP contribution in [0, 0.1) is 0 Å². The summed E-state index contributed by atoms with van der Waals surface area (Å²) >= 11 is 0. The Morgan fingerprint density at radius 1 is 0.960 bits per heavy atom. The van der Waals surface area contributed by atoms with Crippen molar-refractivity contribution in [1.29, 1.82) is 0 Å². The Bertz CT molecular complexity index is 1250. The summed E-state index contributed by atoms with van der Waals surface area (Å²) in [7, 11) is 0. The van der Waals surface area contributed by atoms with Crippen LogP contribution in [-0.2, 0) is 0 Å². The first-order valence-electron chi connectivity index (χ1n) is 7.71. The van der Waals surface area contributed by atoms with Crippen LogP contribution in [0.4, 0.5) is 11.5 Å². The van der Waals surface area contributed by atoms with E-state index in [1.54, 1.807) is 43.0 Å². The summed E-state index contributed by atoms with van der Waals surface area (Å²) in [6, 6.07) is 8.83. The summed E-state index contributed by atoms with van der Waals surface area (Å²) in [5.41, 5.74) is 3.01. The van der Waals surface area contributed by atoms with Crippen LogP contribution in [0.15, 0.2) is 61.3 Å². The standard InChI is InChI=1S/C18H12N6O/c25-12-3-1-2-11(8-12)21-17-14-9-19-5-4-13(14)16-18(23-17)24-7-6-20-10-15(24)22-16/h1-10,25H,(H,21,23). The normalized spacial score (nSPS) is 11.4. The molecule has 0 amide bonds. The van der Waals surface area contributed by atoms with E-state index in [9.17, 15) is 5.11 Å². The average Bonchev–Trinajstić information content (AvgIpc) is 3.01. The first-order chi connectivity index (χ1) is 12.3. The fraction of sp³-hybridized carbons (Fsp3) is 0. The lowest BCUT2D eigenvalue weighted by atomic mass is 10.2. The van der Waals surface area contributed by atoms with Gasteiger partial charge in [-0.1, -0.05) is 6.07 Å². The lowest BCUT2D eigenvalue weighted by molar-refractivity contribution is 0.475. The van der Waals surface area contributed by atoms with E-state index < -0.39 is 0 Å². The summed E-state index contributed by atoms with van der Waals surface area (Å²) < 4.78 is 1.90. The molecule has 7 nitrogen and oxygen atoms in total. The number of anilines is 2. The van der Waals surface area contributed by atoms with E-state index in [-0.39, 0.29) is 5.75 Å². The molecule has 5 aromatic rings. The monoisotopic (exact) mass is 328 g/mol. The maximum absolute atomic E-state index is 9.69. The molecule has 5 rings (SSSR count). The molecule has 0 unspecified atom stereocenters. The van der Waals surface area contributed by atoms with Crippen LogP contribution < -0.4 is 5.32 Å². The van der Waals surface area contributed by atoms with Crippen molar-refractivity contribution in [1.82, 2.24) is 24.3 Å². The van der Waals surface area contributed by atoms with Gasteiger partial charge in [-0.15, -0.1) is 0 Å². The smallest absolute Gasteiger partial charge is 0.167 e. The van der Waals surface area contributed by atoms with Crippen molar-refractivity contribution in [3.63, 3.8) is 0 Å². The number of aromatic hydroxyl groups is 1. The van der Waals surface area contributed by atoms with Gasteiger partial charge in [0.1, 0.15) is 17.1 Å². The minimum atomic E-state index is 0.189. The first kappa shape index (κ1) is 13.7. The van der Waals surface area contributed by atoms with Gasteiger partial charge in [0.25, 0.3) is 0 Å². The van der Waals surface area contributed by atoms with E-state index in [1.165, 1.54) is 0 Å². The van der Waals surface area contributed by atoms with Crippen molar-refractivity contribution in [2.45, 2.75) is 0 Å². The van der Waals surface area contributed by atoms with Gasteiger partial charge in [0.2, 0.25) is 0 Å². The highest BCUT2D eigenvalue weighted by atomic mass is 16.3. The van der Waals surface area contributed by atoms with Crippen molar-refractivity contribution in [3.8, 4) is 5.75 Å². The van der Waals surface area contributed by atoms with E-state index in [1.807, 2.05) is 22.7 Å². The molecule has 0 atom stereocenters. The predicted molar refractivity (Wildman–Crippen MR) is 95.0 cm³/mol. The Morgan fingerprint density at radius 2 is 1.88 bits per heavy atom. The molecule has 120 valence electrons. The number of phenolic OH excluding ortho intramolecular Hbond substituents is 1. The van der Waals surface area contributed by atoms with Gasteiger partial charge in [0.05, 0.1) is 6.20 Å². The van der Waals surface area contributed by atoms with Crippen molar-refractivity contribution in [3.05, 3.63) is 61.3 Å². The average molecular weight is 328 g/mol. The molecular formula is C18H12N6O. The van der Waals surface area contributed by atoms with Crippen LogP contribution in [0.1, 0.15) is 0 Å². The van der Waals surface area contributed by atoms with Crippen molar-refractivity contribution in [2.75, 3.05) is 5.32 Å². The zero-order valence-electron chi connectivity index (χ0n) is 13.0. The Hall–Kier alpha value is -3.74. The molecule has 25 heavy (non-hydrogen) atoms. The highest BCUT2D eigenvalue weighted by Gasteiger charge is 2.14. The van der Waals surface area contributed by atoms with Crippen molar-refractivity contribution >= 4 is 39.1 Å². The second-order valence-electron chi connectivity index (χ2n) is 5.65. The SMILES string of the molecule is Oc1cccc(Nc2nc3c(nc4cnccn43)c3ccncc23)c1. The van der Waals surface area contributed by atoms with Crippen LogP contribution in [0.3, 0.4) is 0 Å². The predicted octanol–water partition coefficient (Wildman–Crippen LogP) is 3.27. The van der Waals surface area contributed by atoms with E-state index in [2.05, 4.69) is 20.3 Å². The summed E-state index contributed by atoms with van der Waals surface area (Å²) in [5, 5.41) is 14.8. The number of imidazole rings is 1. The minimum absolute atomic E-state index is 0.189. The van der Waals surface area contributed by atoms with Gasteiger partial charge in [0.15, 0.2) is 11.3 Å². The molecule has 0 radical (unpaired) electrons. The Labute approximate surface area is 141 Å². The van der Waals surface area contributed by atoms with Gasteiger partial charge in [-0.25, -0.2) is 9.97 Å².